The second-order valence-electron chi connectivity index (χ2n) is 4.92. The fourth-order valence-electron chi connectivity index (χ4n) is 2.17. The van der Waals surface area contributed by atoms with Crippen molar-refractivity contribution in [1.29, 1.82) is 0 Å². The summed E-state index contributed by atoms with van der Waals surface area (Å²) in [6.45, 7) is 3.91. The summed E-state index contributed by atoms with van der Waals surface area (Å²) in [6.07, 6.45) is 3.19. The van der Waals surface area contributed by atoms with Gasteiger partial charge in [-0.15, -0.1) is 0 Å². The zero-order valence-electron chi connectivity index (χ0n) is 11.8. The molecule has 6 nitrogen and oxygen atoms in total. The first kappa shape index (κ1) is 15.1. The monoisotopic (exact) mass is 296 g/mol. The fraction of sp³-hybridized carbons (Fsp3) is 0.615. The van der Waals surface area contributed by atoms with Crippen molar-refractivity contribution < 1.29 is 4.79 Å². The largest absolute Gasteiger partial charge is 0.349 e. The average molecular weight is 296 g/mol. The maximum absolute atomic E-state index is 12.1. The molecule has 2 heterocycles. The second-order valence-corrected chi connectivity index (χ2v) is 6.17. The maximum Gasteiger partial charge on any atom is 0.264 e. The van der Waals surface area contributed by atoms with E-state index in [9.17, 15) is 9.59 Å². The Bertz CT molecular complexity index is 523. The Morgan fingerprint density at radius 2 is 2.25 bits per heavy atom. The van der Waals surface area contributed by atoms with Crippen LogP contribution in [0.5, 0.6) is 0 Å². The lowest BCUT2D eigenvalue weighted by atomic mass is 10.1. The topological polar surface area (TPSA) is 78.1 Å². The van der Waals surface area contributed by atoms with Gasteiger partial charge >= 0.3 is 0 Å². The summed E-state index contributed by atoms with van der Waals surface area (Å²) in [4.78, 5) is 32.9. The zero-order chi connectivity index (χ0) is 14.5. The van der Waals surface area contributed by atoms with Crippen molar-refractivity contribution in [3.8, 4) is 0 Å². The van der Waals surface area contributed by atoms with Gasteiger partial charge in [0.15, 0.2) is 5.16 Å². The van der Waals surface area contributed by atoms with E-state index in [0.717, 1.165) is 31.7 Å². The number of thioether (sulfide) groups is 1. The van der Waals surface area contributed by atoms with Crippen LogP contribution in [0.2, 0.25) is 0 Å². The van der Waals surface area contributed by atoms with Gasteiger partial charge in [0.25, 0.3) is 11.5 Å². The van der Waals surface area contributed by atoms with Crippen LogP contribution < -0.4 is 10.9 Å². The summed E-state index contributed by atoms with van der Waals surface area (Å²) in [6, 6.07) is 0.141. The van der Waals surface area contributed by atoms with Crippen molar-refractivity contribution in [2.45, 2.75) is 31.0 Å². The molecule has 0 spiro atoms. The van der Waals surface area contributed by atoms with Gasteiger partial charge in [-0.2, -0.15) is 0 Å². The average Bonchev–Trinajstić information content (AvgIpc) is 2.42. The van der Waals surface area contributed by atoms with Crippen LogP contribution in [0.15, 0.2) is 16.1 Å². The highest BCUT2D eigenvalue weighted by atomic mass is 32.2. The molecule has 0 atom stereocenters. The number of carbonyl (C=O) groups is 1. The van der Waals surface area contributed by atoms with Crippen LogP contribution in [0.1, 0.15) is 30.1 Å². The van der Waals surface area contributed by atoms with E-state index in [4.69, 9.17) is 0 Å². The number of aromatic nitrogens is 2. The van der Waals surface area contributed by atoms with Gasteiger partial charge in [-0.3, -0.25) is 9.59 Å². The molecule has 1 aromatic rings. The Kier molecular flexibility index (Phi) is 5.19. The molecule has 1 fully saturated rings. The number of likely N-dealkylation sites (tertiary alicyclic amines) is 1. The number of aromatic amines is 1. The minimum Gasteiger partial charge on any atom is -0.349 e. The van der Waals surface area contributed by atoms with Crippen LogP contribution >= 0.6 is 11.8 Å². The van der Waals surface area contributed by atoms with Gasteiger partial charge in [-0.1, -0.05) is 18.7 Å². The molecule has 0 radical (unpaired) electrons. The third kappa shape index (κ3) is 3.83. The standard InChI is InChI=1S/C13H20N4O2S/c1-3-20-13-14-8-10(12(19)16-13)11(18)15-9-4-6-17(2)7-5-9/h8-9H,3-7H2,1-2H3,(H,15,18)(H,14,16,19). The van der Waals surface area contributed by atoms with Gasteiger partial charge in [-0.05, 0) is 38.7 Å². The molecular weight excluding hydrogens is 276 g/mol. The van der Waals surface area contributed by atoms with Crippen molar-refractivity contribution >= 4 is 17.7 Å². The minimum absolute atomic E-state index is 0.0874. The van der Waals surface area contributed by atoms with Gasteiger partial charge in [-0.25, -0.2) is 4.98 Å². The van der Waals surface area contributed by atoms with Crippen molar-refractivity contribution in [3.05, 3.63) is 22.1 Å². The first-order valence-electron chi connectivity index (χ1n) is 6.81. The molecule has 0 bridgehead atoms. The van der Waals surface area contributed by atoms with E-state index >= 15 is 0 Å². The molecule has 7 heteroatoms. The molecule has 1 amide bonds. The smallest absolute Gasteiger partial charge is 0.264 e. The molecular formula is C13H20N4O2S. The van der Waals surface area contributed by atoms with Crippen molar-refractivity contribution in [2.24, 2.45) is 0 Å². The number of rotatable bonds is 4. The summed E-state index contributed by atoms with van der Waals surface area (Å²) in [7, 11) is 2.07. The first-order valence-corrected chi connectivity index (χ1v) is 7.80. The maximum atomic E-state index is 12.1. The normalized spacial score (nSPS) is 17.1. The molecule has 110 valence electrons. The summed E-state index contributed by atoms with van der Waals surface area (Å²) in [5, 5.41) is 3.46. The Morgan fingerprint density at radius 3 is 2.85 bits per heavy atom. The van der Waals surface area contributed by atoms with E-state index in [1.54, 1.807) is 0 Å². The van der Waals surface area contributed by atoms with Crippen LogP contribution in [0.4, 0.5) is 0 Å². The second kappa shape index (κ2) is 6.90. The number of piperidine rings is 1. The molecule has 0 aromatic carbocycles. The predicted octanol–water partition coefficient (Wildman–Crippen LogP) is 0.706. The Labute approximate surface area is 122 Å². The quantitative estimate of drug-likeness (QED) is 0.632. The van der Waals surface area contributed by atoms with E-state index in [2.05, 4.69) is 27.2 Å². The predicted molar refractivity (Wildman–Crippen MR) is 79.2 cm³/mol. The van der Waals surface area contributed by atoms with Gasteiger partial charge < -0.3 is 15.2 Å². The molecule has 1 aromatic heterocycles. The highest BCUT2D eigenvalue weighted by Crippen LogP contribution is 2.10. The van der Waals surface area contributed by atoms with E-state index in [0.29, 0.717) is 5.16 Å². The van der Waals surface area contributed by atoms with Crippen LogP contribution in [0.25, 0.3) is 0 Å². The lowest BCUT2D eigenvalue weighted by Gasteiger charge is -2.29. The summed E-state index contributed by atoms with van der Waals surface area (Å²) >= 11 is 1.44. The third-order valence-electron chi connectivity index (χ3n) is 3.36. The molecule has 1 aliphatic heterocycles. The fourth-order valence-corrected chi connectivity index (χ4v) is 2.73. The van der Waals surface area contributed by atoms with Crippen molar-refractivity contribution in [1.82, 2.24) is 20.2 Å². The third-order valence-corrected chi connectivity index (χ3v) is 4.13. The van der Waals surface area contributed by atoms with E-state index in [1.165, 1.54) is 18.0 Å². The number of amides is 1. The Hall–Kier alpha value is -1.34. The van der Waals surface area contributed by atoms with Gasteiger partial charge in [0.05, 0.1) is 0 Å². The molecule has 0 saturated carbocycles. The van der Waals surface area contributed by atoms with Crippen LogP contribution in [0.3, 0.4) is 0 Å². The molecule has 0 aliphatic carbocycles. The van der Waals surface area contributed by atoms with Gasteiger partial charge in [0.2, 0.25) is 0 Å². The lowest BCUT2D eigenvalue weighted by molar-refractivity contribution is 0.0914. The summed E-state index contributed by atoms with van der Waals surface area (Å²) < 4.78 is 0. The number of nitrogens with one attached hydrogen (secondary N) is 2. The molecule has 20 heavy (non-hydrogen) atoms. The molecule has 2 rings (SSSR count). The first-order chi connectivity index (χ1) is 9.60. The molecule has 1 aliphatic rings. The van der Waals surface area contributed by atoms with Crippen LogP contribution in [-0.4, -0.2) is 52.7 Å². The summed E-state index contributed by atoms with van der Waals surface area (Å²) in [5.74, 6) is 0.491. The van der Waals surface area contributed by atoms with E-state index in [-0.39, 0.29) is 23.1 Å². The van der Waals surface area contributed by atoms with Crippen molar-refractivity contribution in [2.75, 3.05) is 25.9 Å². The number of nitrogens with zero attached hydrogens (tertiary/aromatic N) is 2. The van der Waals surface area contributed by atoms with E-state index < -0.39 is 0 Å². The minimum atomic E-state index is -0.374. The highest BCUT2D eigenvalue weighted by molar-refractivity contribution is 7.99. The SMILES string of the molecule is CCSc1ncc(C(=O)NC2CCN(C)CC2)c(=O)[nH]1. The Balaban J connectivity index is 2.00. The highest BCUT2D eigenvalue weighted by Gasteiger charge is 2.20. The Morgan fingerprint density at radius 1 is 1.55 bits per heavy atom. The lowest BCUT2D eigenvalue weighted by Crippen LogP contribution is -2.44. The van der Waals surface area contributed by atoms with Crippen LogP contribution in [0, 0.1) is 0 Å². The molecule has 2 N–H and O–H groups in total. The zero-order valence-corrected chi connectivity index (χ0v) is 12.6. The van der Waals surface area contributed by atoms with E-state index in [1.807, 2.05) is 6.92 Å². The number of carbonyl (C=O) groups excluding carboxylic acids is 1. The number of H-pyrrole nitrogens is 1. The molecule has 1 saturated heterocycles. The molecule has 0 unspecified atom stereocenters. The van der Waals surface area contributed by atoms with Crippen LogP contribution in [-0.2, 0) is 0 Å². The van der Waals surface area contributed by atoms with Gasteiger partial charge in [0.1, 0.15) is 5.56 Å². The van der Waals surface area contributed by atoms with Gasteiger partial charge in [0, 0.05) is 12.2 Å². The number of hydrogen-bond acceptors (Lipinski definition) is 5. The van der Waals surface area contributed by atoms with Crippen molar-refractivity contribution in [3.63, 3.8) is 0 Å². The number of hydrogen-bond donors (Lipinski definition) is 2. The summed E-state index contributed by atoms with van der Waals surface area (Å²) in [5.41, 5.74) is -0.286.